The highest BCUT2D eigenvalue weighted by Crippen LogP contribution is 2.31. The van der Waals surface area contributed by atoms with Crippen LogP contribution in [-0.2, 0) is 19.1 Å². The van der Waals surface area contributed by atoms with Gasteiger partial charge in [0.15, 0.2) is 12.3 Å². The minimum absolute atomic E-state index is 0.0441. The lowest BCUT2D eigenvalue weighted by Crippen LogP contribution is -2.44. The number of rotatable bonds is 7. The van der Waals surface area contributed by atoms with Crippen molar-refractivity contribution in [2.45, 2.75) is 26.3 Å². The highest BCUT2D eigenvalue weighted by atomic mass is 35.5. The molecule has 0 radical (unpaired) electrons. The summed E-state index contributed by atoms with van der Waals surface area (Å²) in [6.07, 6.45) is 1.52. The number of carbonyl (C=O) groups excluding carboxylic acids is 3. The van der Waals surface area contributed by atoms with Crippen LogP contribution in [0.15, 0.2) is 6.20 Å². The van der Waals surface area contributed by atoms with Crippen LogP contribution >= 0.6 is 34.8 Å². The van der Waals surface area contributed by atoms with E-state index in [9.17, 15) is 14.4 Å². The van der Waals surface area contributed by atoms with Gasteiger partial charge in [-0.05, 0) is 12.3 Å². The molecule has 0 fully saturated rings. The molecule has 138 valence electrons. The van der Waals surface area contributed by atoms with E-state index in [1.807, 2.05) is 13.8 Å². The lowest BCUT2D eigenvalue weighted by atomic mass is 10.0. The zero-order valence-electron chi connectivity index (χ0n) is 13.8. The second-order valence-corrected chi connectivity index (χ2v) is 6.59. The molecule has 0 spiro atoms. The Balaban J connectivity index is 2.67. The summed E-state index contributed by atoms with van der Waals surface area (Å²) < 4.78 is 9.47. The monoisotopic (exact) mass is 410 g/mol. The molecule has 0 aliphatic heterocycles. The molecule has 1 heterocycles. The summed E-state index contributed by atoms with van der Waals surface area (Å²) in [7, 11) is 1.22. The lowest BCUT2D eigenvalue weighted by Gasteiger charge is -2.18. The molecular weight excluding hydrogens is 395 g/mol. The van der Waals surface area contributed by atoms with Crippen molar-refractivity contribution < 1.29 is 23.9 Å². The molecule has 1 amide bonds. The van der Waals surface area contributed by atoms with Crippen molar-refractivity contribution in [2.24, 2.45) is 5.92 Å². The molecule has 1 rings (SSSR count). The molecule has 0 saturated carbocycles. The predicted molar refractivity (Wildman–Crippen MR) is 93.0 cm³/mol. The minimum Gasteiger partial charge on any atom is -0.467 e. The minimum atomic E-state index is -0.947. The quantitative estimate of drug-likeness (QED) is 0.693. The molecule has 1 N–H and O–H groups in total. The standard InChI is InChI=1S/C15H17Cl3N2O5/c1-7(2)4-9(14(22)24-3)20-10(21)6-25-15(23)13-12(18)11(17)8(16)5-19-13/h5,7,9H,4,6H2,1-3H3,(H,20,21)/t9-/m1/s1. The van der Waals surface area contributed by atoms with Gasteiger partial charge in [0.05, 0.1) is 22.2 Å². The first-order valence-electron chi connectivity index (χ1n) is 7.21. The Labute approximate surface area is 159 Å². The van der Waals surface area contributed by atoms with Crippen LogP contribution in [0.4, 0.5) is 0 Å². The van der Waals surface area contributed by atoms with Crippen molar-refractivity contribution in [1.82, 2.24) is 10.3 Å². The Bertz CT molecular complexity index is 667. The number of pyridine rings is 1. The molecule has 7 nitrogen and oxygen atoms in total. The molecule has 25 heavy (non-hydrogen) atoms. The molecule has 1 atom stereocenters. The first kappa shape index (κ1) is 21.5. The fraction of sp³-hybridized carbons (Fsp3) is 0.467. The number of methoxy groups -OCH3 is 1. The first-order chi connectivity index (χ1) is 11.7. The van der Waals surface area contributed by atoms with Crippen LogP contribution in [0, 0.1) is 5.92 Å². The van der Waals surface area contributed by atoms with Gasteiger partial charge in [-0.15, -0.1) is 0 Å². The Morgan fingerprint density at radius 3 is 2.40 bits per heavy atom. The molecule has 0 aliphatic carbocycles. The van der Waals surface area contributed by atoms with Crippen molar-refractivity contribution in [1.29, 1.82) is 0 Å². The van der Waals surface area contributed by atoms with E-state index in [1.54, 1.807) is 0 Å². The number of amides is 1. The van der Waals surface area contributed by atoms with Crippen LogP contribution in [0.25, 0.3) is 0 Å². The van der Waals surface area contributed by atoms with Crippen molar-refractivity contribution in [2.75, 3.05) is 13.7 Å². The van der Waals surface area contributed by atoms with Crippen molar-refractivity contribution in [3.63, 3.8) is 0 Å². The number of aromatic nitrogens is 1. The van der Waals surface area contributed by atoms with E-state index in [2.05, 4.69) is 15.0 Å². The summed E-state index contributed by atoms with van der Waals surface area (Å²) >= 11 is 17.4. The number of hydrogen-bond donors (Lipinski definition) is 1. The fourth-order valence-corrected chi connectivity index (χ4v) is 2.41. The molecule has 0 aliphatic rings. The Kier molecular flexibility index (Phi) is 8.41. The Hall–Kier alpha value is -1.57. The molecular formula is C15H17Cl3N2O5. The largest absolute Gasteiger partial charge is 0.467 e. The van der Waals surface area contributed by atoms with Gasteiger partial charge in [0.2, 0.25) is 0 Å². The van der Waals surface area contributed by atoms with Crippen molar-refractivity contribution >= 4 is 52.6 Å². The van der Waals surface area contributed by atoms with Crippen LogP contribution in [-0.4, -0.2) is 42.6 Å². The molecule has 0 bridgehead atoms. The summed E-state index contributed by atoms with van der Waals surface area (Å²) in [5.74, 6) is -2.05. The maximum absolute atomic E-state index is 11.9. The fourth-order valence-electron chi connectivity index (χ4n) is 1.85. The van der Waals surface area contributed by atoms with Crippen LogP contribution in [0.5, 0.6) is 0 Å². The van der Waals surface area contributed by atoms with Crippen LogP contribution < -0.4 is 5.32 Å². The maximum Gasteiger partial charge on any atom is 0.359 e. The molecule has 0 unspecified atom stereocenters. The number of nitrogens with one attached hydrogen (secondary N) is 1. The summed E-state index contributed by atoms with van der Waals surface area (Å²) in [5, 5.41) is 2.31. The zero-order chi connectivity index (χ0) is 19.1. The number of carbonyl (C=O) groups is 3. The first-order valence-corrected chi connectivity index (χ1v) is 8.34. The highest BCUT2D eigenvalue weighted by molar-refractivity contribution is 6.48. The number of halogens is 3. The van der Waals surface area contributed by atoms with Crippen molar-refractivity contribution in [3.8, 4) is 0 Å². The SMILES string of the molecule is COC(=O)[C@@H](CC(C)C)NC(=O)COC(=O)c1ncc(Cl)c(Cl)c1Cl. The second-order valence-electron chi connectivity index (χ2n) is 5.43. The normalized spacial score (nSPS) is 11.8. The number of hydrogen-bond acceptors (Lipinski definition) is 6. The van der Waals surface area contributed by atoms with E-state index in [0.29, 0.717) is 6.42 Å². The highest BCUT2D eigenvalue weighted by Gasteiger charge is 2.24. The molecule has 1 aromatic rings. The van der Waals surface area contributed by atoms with Gasteiger partial charge in [-0.25, -0.2) is 14.6 Å². The van der Waals surface area contributed by atoms with Gasteiger partial charge in [0.1, 0.15) is 6.04 Å². The van der Waals surface area contributed by atoms with Gasteiger partial charge in [0.25, 0.3) is 5.91 Å². The molecule has 10 heteroatoms. The number of esters is 2. The lowest BCUT2D eigenvalue weighted by molar-refractivity contribution is -0.145. The van der Waals surface area contributed by atoms with Crippen LogP contribution in [0.2, 0.25) is 15.1 Å². The van der Waals surface area contributed by atoms with E-state index in [0.717, 1.165) is 6.20 Å². The zero-order valence-corrected chi connectivity index (χ0v) is 16.0. The van der Waals surface area contributed by atoms with Crippen LogP contribution in [0.1, 0.15) is 30.8 Å². The van der Waals surface area contributed by atoms with Gasteiger partial charge < -0.3 is 14.8 Å². The van der Waals surface area contributed by atoms with E-state index in [1.165, 1.54) is 7.11 Å². The number of nitrogens with zero attached hydrogens (tertiary/aromatic N) is 1. The third-order valence-corrected chi connectivity index (χ3v) is 4.21. The van der Waals surface area contributed by atoms with Crippen LogP contribution in [0.3, 0.4) is 0 Å². The number of ether oxygens (including phenoxy) is 2. The summed E-state index contributed by atoms with van der Waals surface area (Å²) in [6.45, 7) is 3.16. The Morgan fingerprint density at radius 2 is 1.84 bits per heavy atom. The smallest absolute Gasteiger partial charge is 0.359 e. The van der Waals surface area contributed by atoms with E-state index < -0.39 is 30.5 Å². The third-order valence-electron chi connectivity index (χ3n) is 2.97. The second kappa shape index (κ2) is 9.79. The topological polar surface area (TPSA) is 94.6 Å². The van der Waals surface area contributed by atoms with E-state index in [-0.39, 0.29) is 26.7 Å². The molecule has 0 aromatic carbocycles. The maximum atomic E-state index is 11.9. The average Bonchev–Trinajstić information content (AvgIpc) is 2.56. The van der Waals surface area contributed by atoms with Crippen molar-refractivity contribution in [3.05, 3.63) is 27.0 Å². The van der Waals surface area contributed by atoms with Gasteiger partial charge in [-0.2, -0.15) is 0 Å². The van der Waals surface area contributed by atoms with E-state index >= 15 is 0 Å². The molecule has 1 aromatic heterocycles. The van der Waals surface area contributed by atoms with E-state index in [4.69, 9.17) is 39.5 Å². The summed E-state index contributed by atoms with van der Waals surface area (Å²) in [4.78, 5) is 39.2. The van der Waals surface area contributed by atoms with Gasteiger partial charge in [-0.1, -0.05) is 48.7 Å². The third kappa shape index (κ3) is 6.34. The Morgan fingerprint density at radius 1 is 1.20 bits per heavy atom. The van der Waals surface area contributed by atoms with Gasteiger partial charge >= 0.3 is 11.9 Å². The summed E-state index contributed by atoms with van der Waals surface area (Å²) in [6, 6.07) is -0.831. The average molecular weight is 412 g/mol. The van der Waals surface area contributed by atoms with Gasteiger partial charge in [0, 0.05) is 6.20 Å². The summed E-state index contributed by atoms with van der Waals surface area (Å²) in [5.41, 5.74) is -0.268. The predicted octanol–water partition coefficient (Wildman–Crippen LogP) is 2.90. The van der Waals surface area contributed by atoms with Gasteiger partial charge in [-0.3, -0.25) is 4.79 Å². The molecule has 0 saturated heterocycles.